The Morgan fingerprint density at radius 3 is 2.50 bits per heavy atom. The van der Waals surface area contributed by atoms with E-state index in [1.54, 1.807) is 0 Å². The van der Waals surface area contributed by atoms with E-state index < -0.39 is 0 Å². The van der Waals surface area contributed by atoms with Crippen LogP contribution in [0.5, 0.6) is 0 Å². The second-order valence-corrected chi connectivity index (χ2v) is 6.90. The van der Waals surface area contributed by atoms with Gasteiger partial charge in [0.25, 0.3) is 0 Å². The maximum Gasteiger partial charge on any atom is 0.161 e. The molecule has 0 bridgehead atoms. The highest BCUT2D eigenvalue weighted by atomic mass is 15.3. The highest BCUT2D eigenvalue weighted by molar-refractivity contribution is 5.57. The van der Waals surface area contributed by atoms with Gasteiger partial charge in [-0.1, -0.05) is 30.3 Å². The Kier molecular flexibility index (Phi) is 4.56. The van der Waals surface area contributed by atoms with E-state index in [1.807, 2.05) is 62.9 Å². The topological polar surface area (TPSA) is 50.1 Å². The molecule has 0 radical (unpaired) electrons. The van der Waals surface area contributed by atoms with Gasteiger partial charge < -0.3 is 9.80 Å². The molecule has 0 spiro atoms. The number of piperidine rings is 1. The fraction of sp³-hybridized carbons (Fsp3) is 0.350. The van der Waals surface area contributed by atoms with Crippen LogP contribution in [0, 0.1) is 0 Å². The van der Waals surface area contributed by atoms with Gasteiger partial charge in [-0.15, -0.1) is 0 Å². The van der Waals surface area contributed by atoms with E-state index >= 15 is 0 Å². The molecule has 0 saturated carbocycles. The molecule has 1 fully saturated rings. The van der Waals surface area contributed by atoms with E-state index in [0.29, 0.717) is 6.04 Å². The molecule has 6 heteroatoms. The Labute approximate surface area is 154 Å². The third-order valence-electron chi connectivity index (χ3n) is 4.94. The lowest BCUT2D eigenvalue weighted by molar-refractivity contribution is 0.366. The molecule has 0 aliphatic carbocycles. The summed E-state index contributed by atoms with van der Waals surface area (Å²) in [5, 5.41) is 4.54. The van der Waals surface area contributed by atoms with Gasteiger partial charge in [0.1, 0.15) is 5.82 Å². The number of aromatic nitrogens is 4. The normalized spacial score (nSPS) is 15.2. The van der Waals surface area contributed by atoms with Crippen LogP contribution in [0.25, 0.3) is 11.4 Å². The molecule has 26 heavy (non-hydrogen) atoms. The van der Waals surface area contributed by atoms with Crippen LogP contribution in [0.2, 0.25) is 0 Å². The summed E-state index contributed by atoms with van der Waals surface area (Å²) in [7, 11) is 4.09. The molecule has 1 saturated heterocycles. The van der Waals surface area contributed by atoms with Crippen molar-refractivity contribution in [3.05, 3.63) is 55.0 Å². The molecule has 6 nitrogen and oxygen atoms in total. The minimum Gasteiger partial charge on any atom is -0.375 e. The van der Waals surface area contributed by atoms with Gasteiger partial charge in [0.05, 0.1) is 17.9 Å². The van der Waals surface area contributed by atoms with E-state index in [0.717, 1.165) is 48.8 Å². The second-order valence-electron chi connectivity index (χ2n) is 6.90. The maximum absolute atomic E-state index is 4.78. The van der Waals surface area contributed by atoms with Crippen molar-refractivity contribution in [3.8, 4) is 11.4 Å². The van der Waals surface area contributed by atoms with Crippen LogP contribution in [0.3, 0.4) is 0 Å². The van der Waals surface area contributed by atoms with E-state index in [-0.39, 0.29) is 0 Å². The number of benzene rings is 1. The molecule has 1 aliphatic rings. The van der Waals surface area contributed by atoms with Gasteiger partial charge in [-0.2, -0.15) is 5.10 Å². The van der Waals surface area contributed by atoms with Crippen molar-refractivity contribution >= 4 is 11.5 Å². The van der Waals surface area contributed by atoms with Gasteiger partial charge in [-0.05, 0) is 18.9 Å². The summed E-state index contributed by atoms with van der Waals surface area (Å²) >= 11 is 0. The van der Waals surface area contributed by atoms with Crippen LogP contribution in [0.4, 0.5) is 11.5 Å². The molecule has 4 rings (SSSR count). The quantitative estimate of drug-likeness (QED) is 0.724. The summed E-state index contributed by atoms with van der Waals surface area (Å²) in [6, 6.07) is 12.6. The maximum atomic E-state index is 4.78. The fourth-order valence-electron chi connectivity index (χ4n) is 3.37. The Morgan fingerprint density at radius 1 is 1.04 bits per heavy atom. The average molecular weight is 348 g/mol. The first-order chi connectivity index (χ1) is 12.7. The van der Waals surface area contributed by atoms with Crippen molar-refractivity contribution in [1.29, 1.82) is 0 Å². The highest BCUT2D eigenvalue weighted by Gasteiger charge is 2.22. The van der Waals surface area contributed by atoms with Crippen LogP contribution in [0.1, 0.15) is 18.9 Å². The zero-order valence-corrected chi connectivity index (χ0v) is 15.3. The van der Waals surface area contributed by atoms with Gasteiger partial charge >= 0.3 is 0 Å². The van der Waals surface area contributed by atoms with Gasteiger partial charge in [0.2, 0.25) is 0 Å². The third kappa shape index (κ3) is 3.40. The molecule has 3 aromatic rings. The predicted octanol–water partition coefficient (Wildman–Crippen LogP) is 3.25. The molecule has 0 N–H and O–H groups in total. The molecule has 2 aromatic heterocycles. The Hall–Kier alpha value is -2.89. The summed E-state index contributed by atoms with van der Waals surface area (Å²) < 4.78 is 2.11. The zero-order chi connectivity index (χ0) is 17.9. The minimum absolute atomic E-state index is 0.454. The summed E-state index contributed by atoms with van der Waals surface area (Å²) in [6.07, 6.45) is 8.06. The van der Waals surface area contributed by atoms with Gasteiger partial charge in [0.15, 0.2) is 5.82 Å². The molecule has 134 valence electrons. The van der Waals surface area contributed by atoms with Crippen molar-refractivity contribution < 1.29 is 0 Å². The number of anilines is 2. The Bertz CT molecular complexity index is 850. The van der Waals surface area contributed by atoms with Crippen molar-refractivity contribution in [2.75, 3.05) is 37.0 Å². The molecule has 3 heterocycles. The molecular formula is C20H24N6. The first-order valence-corrected chi connectivity index (χ1v) is 9.05. The van der Waals surface area contributed by atoms with Crippen LogP contribution < -0.4 is 9.80 Å². The lowest BCUT2D eigenvalue weighted by Crippen LogP contribution is -2.35. The summed E-state index contributed by atoms with van der Waals surface area (Å²) in [5.74, 6) is 1.79. The number of nitrogens with zero attached hydrogens (tertiary/aromatic N) is 6. The highest BCUT2D eigenvalue weighted by Crippen LogP contribution is 2.27. The largest absolute Gasteiger partial charge is 0.375 e. The van der Waals surface area contributed by atoms with Gasteiger partial charge in [0, 0.05) is 45.1 Å². The molecule has 1 aromatic carbocycles. The van der Waals surface area contributed by atoms with Gasteiger partial charge in [-0.25, -0.2) is 9.97 Å². The van der Waals surface area contributed by atoms with Crippen molar-refractivity contribution in [2.45, 2.75) is 18.9 Å². The summed E-state index contributed by atoms with van der Waals surface area (Å²) in [6.45, 7) is 1.96. The monoisotopic (exact) mass is 348 g/mol. The molecule has 0 amide bonds. The average Bonchev–Trinajstić information content (AvgIpc) is 3.20. The van der Waals surface area contributed by atoms with E-state index in [4.69, 9.17) is 4.98 Å². The third-order valence-corrected chi connectivity index (χ3v) is 4.94. The number of rotatable bonds is 4. The number of hydrogen-bond acceptors (Lipinski definition) is 5. The van der Waals surface area contributed by atoms with E-state index in [1.165, 1.54) is 0 Å². The SMILES string of the molecule is CN(C)c1cnn(C2CCN(c3ccnc(-c4ccccc4)n3)CC2)c1. The fourth-order valence-corrected chi connectivity index (χ4v) is 3.37. The molecule has 1 aliphatic heterocycles. The lowest BCUT2D eigenvalue weighted by atomic mass is 10.1. The summed E-state index contributed by atoms with van der Waals surface area (Å²) in [4.78, 5) is 13.6. The van der Waals surface area contributed by atoms with Gasteiger partial charge in [-0.3, -0.25) is 4.68 Å². The smallest absolute Gasteiger partial charge is 0.161 e. The predicted molar refractivity (Wildman–Crippen MR) is 105 cm³/mol. The van der Waals surface area contributed by atoms with Crippen LogP contribution in [0.15, 0.2) is 55.0 Å². The molecule has 0 unspecified atom stereocenters. The standard InChI is InChI=1S/C20H24N6/c1-24(2)18-14-22-26(15-18)17-9-12-25(13-10-17)19-8-11-21-20(23-19)16-6-4-3-5-7-16/h3-8,11,14-15,17H,9-10,12-13H2,1-2H3. The van der Waals surface area contributed by atoms with Crippen LogP contribution >= 0.6 is 0 Å². The van der Waals surface area contributed by atoms with Crippen molar-refractivity contribution in [3.63, 3.8) is 0 Å². The minimum atomic E-state index is 0.454. The van der Waals surface area contributed by atoms with Crippen LogP contribution in [-0.4, -0.2) is 46.9 Å². The first kappa shape index (κ1) is 16.6. The van der Waals surface area contributed by atoms with Crippen LogP contribution in [-0.2, 0) is 0 Å². The first-order valence-electron chi connectivity index (χ1n) is 9.05. The number of hydrogen-bond donors (Lipinski definition) is 0. The lowest BCUT2D eigenvalue weighted by Gasteiger charge is -2.33. The Morgan fingerprint density at radius 2 is 1.81 bits per heavy atom. The Balaban J connectivity index is 1.45. The summed E-state index contributed by atoms with van der Waals surface area (Å²) in [5.41, 5.74) is 2.20. The van der Waals surface area contributed by atoms with Crippen molar-refractivity contribution in [2.24, 2.45) is 0 Å². The van der Waals surface area contributed by atoms with E-state index in [2.05, 4.69) is 30.8 Å². The molecule has 0 atom stereocenters. The molecular weight excluding hydrogens is 324 g/mol. The van der Waals surface area contributed by atoms with Crippen molar-refractivity contribution in [1.82, 2.24) is 19.7 Å². The van der Waals surface area contributed by atoms with E-state index in [9.17, 15) is 0 Å². The zero-order valence-electron chi connectivity index (χ0n) is 15.3. The second kappa shape index (κ2) is 7.15.